The summed E-state index contributed by atoms with van der Waals surface area (Å²) in [5, 5.41) is 3.00. The highest BCUT2D eigenvalue weighted by Crippen LogP contribution is 2.27. The topological polar surface area (TPSA) is 81.8 Å². The molecule has 28 heavy (non-hydrogen) atoms. The molecule has 0 aromatic heterocycles. The maximum absolute atomic E-state index is 13.1. The van der Waals surface area contributed by atoms with Crippen molar-refractivity contribution < 1.29 is 17.6 Å². The van der Waals surface area contributed by atoms with Crippen molar-refractivity contribution in [3.63, 3.8) is 0 Å². The molecule has 2 aromatic carbocycles. The van der Waals surface area contributed by atoms with Gasteiger partial charge in [0.25, 0.3) is 5.91 Å². The molecule has 2 aliphatic heterocycles. The number of halogens is 1. The lowest BCUT2D eigenvalue weighted by atomic mass is 10.2. The number of benzene rings is 2. The van der Waals surface area contributed by atoms with E-state index in [0.29, 0.717) is 31.9 Å². The Morgan fingerprint density at radius 3 is 2.43 bits per heavy atom. The van der Waals surface area contributed by atoms with Gasteiger partial charge < -0.3 is 15.1 Å². The van der Waals surface area contributed by atoms with Crippen LogP contribution in [0.1, 0.15) is 5.56 Å². The maximum Gasteiger partial charge on any atom is 0.261 e. The minimum atomic E-state index is -3.76. The van der Waals surface area contributed by atoms with Crippen LogP contribution in [-0.2, 0) is 14.8 Å². The van der Waals surface area contributed by atoms with Crippen molar-refractivity contribution in [3.8, 4) is 0 Å². The lowest BCUT2D eigenvalue weighted by Gasteiger charge is -2.38. The number of carbonyl (C=O) groups excluding carboxylic acids is 1. The van der Waals surface area contributed by atoms with Crippen molar-refractivity contribution in [1.82, 2.24) is 9.62 Å². The summed E-state index contributed by atoms with van der Waals surface area (Å²) in [6, 6.07) is 11.2. The van der Waals surface area contributed by atoms with Gasteiger partial charge in [0.15, 0.2) is 6.17 Å². The van der Waals surface area contributed by atoms with E-state index in [4.69, 9.17) is 0 Å². The van der Waals surface area contributed by atoms with Gasteiger partial charge in [-0.25, -0.2) is 12.8 Å². The quantitative estimate of drug-likeness (QED) is 0.793. The number of anilines is 2. The number of nitrogens with one attached hydrogen (secondary N) is 2. The Hall–Kier alpha value is -2.65. The summed E-state index contributed by atoms with van der Waals surface area (Å²) >= 11 is 0. The molecular formula is C19H21FN4O3S. The summed E-state index contributed by atoms with van der Waals surface area (Å²) in [4.78, 5) is 16.7. The number of amides is 1. The third kappa shape index (κ3) is 3.55. The van der Waals surface area contributed by atoms with Crippen LogP contribution in [-0.4, -0.2) is 51.6 Å². The highest BCUT2D eigenvalue weighted by atomic mass is 32.2. The molecule has 0 aliphatic carbocycles. The van der Waals surface area contributed by atoms with Crippen molar-refractivity contribution >= 4 is 27.3 Å². The third-order valence-electron chi connectivity index (χ3n) is 5.03. The van der Waals surface area contributed by atoms with Crippen molar-refractivity contribution in [2.45, 2.75) is 18.0 Å². The van der Waals surface area contributed by atoms with E-state index >= 15 is 0 Å². The van der Waals surface area contributed by atoms with Crippen LogP contribution in [0.4, 0.5) is 15.8 Å². The highest BCUT2D eigenvalue weighted by Gasteiger charge is 2.36. The molecule has 148 valence electrons. The first-order valence-corrected chi connectivity index (χ1v) is 10.5. The molecule has 0 bridgehead atoms. The van der Waals surface area contributed by atoms with Gasteiger partial charge in [0.2, 0.25) is 10.0 Å². The molecule has 9 heteroatoms. The minimum Gasteiger partial charge on any atom is -0.368 e. The fraction of sp³-hybridized carbons (Fsp3) is 0.316. The Labute approximate surface area is 163 Å². The molecule has 1 atom stereocenters. The SMILES string of the molecule is Cc1ccc2c(c1)NC(C(=O)N1CCN(c3ccc(F)cc3)CC1)NS2(=O)=O. The van der Waals surface area contributed by atoms with Gasteiger partial charge in [0, 0.05) is 31.9 Å². The van der Waals surface area contributed by atoms with E-state index < -0.39 is 16.2 Å². The van der Waals surface area contributed by atoms with Gasteiger partial charge in [-0.15, -0.1) is 0 Å². The van der Waals surface area contributed by atoms with E-state index in [2.05, 4.69) is 14.9 Å². The largest absolute Gasteiger partial charge is 0.368 e. The zero-order valence-corrected chi connectivity index (χ0v) is 16.2. The second-order valence-electron chi connectivity index (χ2n) is 6.99. The molecule has 2 heterocycles. The number of nitrogens with zero attached hydrogens (tertiary/aromatic N) is 2. The van der Waals surface area contributed by atoms with E-state index in [1.807, 2.05) is 6.92 Å². The van der Waals surface area contributed by atoms with Crippen molar-refractivity contribution in [3.05, 3.63) is 53.8 Å². The molecule has 2 aromatic rings. The predicted octanol–water partition coefficient (Wildman–Crippen LogP) is 1.51. The minimum absolute atomic E-state index is 0.142. The number of hydrogen-bond acceptors (Lipinski definition) is 5. The van der Waals surface area contributed by atoms with Crippen molar-refractivity contribution in [1.29, 1.82) is 0 Å². The summed E-state index contributed by atoms with van der Waals surface area (Å²) in [5.74, 6) is -0.599. The Morgan fingerprint density at radius 2 is 1.75 bits per heavy atom. The molecule has 7 nitrogen and oxygen atoms in total. The Bertz CT molecular complexity index is 1000. The van der Waals surface area contributed by atoms with Crippen LogP contribution >= 0.6 is 0 Å². The highest BCUT2D eigenvalue weighted by molar-refractivity contribution is 7.89. The smallest absolute Gasteiger partial charge is 0.261 e. The molecule has 0 radical (unpaired) electrons. The van der Waals surface area contributed by atoms with Crippen LogP contribution in [0.3, 0.4) is 0 Å². The van der Waals surface area contributed by atoms with Crippen LogP contribution in [0.15, 0.2) is 47.4 Å². The molecule has 4 rings (SSSR count). The summed E-state index contributed by atoms with van der Waals surface area (Å²) in [6.45, 7) is 3.95. The van der Waals surface area contributed by atoms with Crippen molar-refractivity contribution in [2.75, 3.05) is 36.4 Å². The van der Waals surface area contributed by atoms with Crippen LogP contribution in [0.2, 0.25) is 0 Å². The van der Waals surface area contributed by atoms with Gasteiger partial charge >= 0.3 is 0 Å². The molecule has 1 fully saturated rings. The lowest BCUT2D eigenvalue weighted by molar-refractivity contribution is -0.132. The molecule has 2 aliphatic rings. The monoisotopic (exact) mass is 404 g/mol. The first-order valence-electron chi connectivity index (χ1n) is 9.02. The fourth-order valence-corrected chi connectivity index (χ4v) is 4.78. The standard InChI is InChI=1S/C19H21FN4O3S/c1-13-2-7-17-16(12-13)21-18(22-28(17,26)27)19(25)24-10-8-23(9-11-24)15-5-3-14(20)4-6-15/h2-7,12,18,21-22H,8-11H2,1H3. The van der Waals surface area contributed by atoms with Crippen LogP contribution in [0.5, 0.6) is 0 Å². The first-order chi connectivity index (χ1) is 13.3. The molecule has 1 unspecified atom stereocenters. The number of carbonyl (C=O) groups is 1. The number of piperazine rings is 1. The first kappa shape index (κ1) is 18.7. The Balaban J connectivity index is 1.45. The van der Waals surface area contributed by atoms with E-state index in [-0.39, 0.29) is 16.6 Å². The van der Waals surface area contributed by atoms with Gasteiger partial charge in [-0.05, 0) is 48.9 Å². The third-order valence-corrected chi connectivity index (χ3v) is 6.51. The second kappa shape index (κ2) is 7.06. The summed E-state index contributed by atoms with van der Waals surface area (Å²) in [7, 11) is -3.76. The van der Waals surface area contributed by atoms with Crippen molar-refractivity contribution in [2.24, 2.45) is 0 Å². The number of hydrogen-bond donors (Lipinski definition) is 2. The Morgan fingerprint density at radius 1 is 1.07 bits per heavy atom. The van der Waals surface area contributed by atoms with Gasteiger partial charge in [0.05, 0.1) is 5.69 Å². The number of rotatable bonds is 2. The lowest BCUT2D eigenvalue weighted by Crippen LogP contribution is -2.58. The average molecular weight is 404 g/mol. The number of sulfonamides is 1. The summed E-state index contributed by atoms with van der Waals surface area (Å²) in [6.07, 6.45) is -1.03. The fourth-order valence-electron chi connectivity index (χ4n) is 3.53. The molecular weight excluding hydrogens is 383 g/mol. The van der Waals surface area contributed by atoms with Gasteiger partial charge in [-0.1, -0.05) is 6.07 Å². The molecule has 1 saturated heterocycles. The maximum atomic E-state index is 13.1. The van der Waals surface area contributed by atoms with Crippen LogP contribution in [0, 0.1) is 12.7 Å². The normalized spacial score (nSPS) is 21.0. The zero-order valence-electron chi connectivity index (χ0n) is 15.4. The molecule has 0 spiro atoms. The van der Waals surface area contributed by atoms with Crippen LogP contribution < -0.4 is 14.9 Å². The number of fused-ring (bicyclic) bond motifs is 1. The van der Waals surface area contributed by atoms with Gasteiger partial charge in [0.1, 0.15) is 10.7 Å². The predicted molar refractivity (Wildman–Crippen MR) is 104 cm³/mol. The van der Waals surface area contributed by atoms with Gasteiger partial charge in [-0.3, -0.25) is 4.79 Å². The van der Waals surface area contributed by atoms with Crippen LogP contribution in [0.25, 0.3) is 0 Å². The molecule has 1 amide bonds. The Kier molecular flexibility index (Phi) is 4.72. The molecule has 2 N–H and O–H groups in total. The van der Waals surface area contributed by atoms with E-state index in [9.17, 15) is 17.6 Å². The zero-order chi connectivity index (χ0) is 19.9. The molecule has 0 saturated carbocycles. The van der Waals surface area contributed by atoms with E-state index in [1.165, 1.54) is 18.2 Å². The van der Waals surface area contributed by atoms with E-state index in [0.717, 1.165) is 11.3 Å². The van der Waals surface area contributed by atoms with E-state index in [1.54, 1.807) is 29.2 Å². The second-order valence-corrected chi connectivity index (χ2v) is 8.67. The van der Waals surface area contributed by atoms with Gasteiger partial charge in [-0.2, -0.15) is 4.72 Å². The number of aryl methyl sites for hydroxylation is 1. The summed E-state index contributed by atoms with van der Waals surface area (Å²) < 4.78 is 40.5. The average Bonchev–Trinajstić information content (AvgIpc) is 2.67. The summed E-state index contributed by atoms with van der Waals surface area (Å²) in [5.41, 5.74) is 2.24.